The van der Waals surface area contributed by atoms with Crippen molar-refractivity contribution >= 4 is 35.8 Å². The highest BCUT2D eigenvalue weighted by Gasteiger charge is 2.20. The van der Waals surface area contributed by atoms with Gasteiger partial charge < -0.3 is 15.1 Å². The van der Waals surface area contributed by atoms with Gasteiger partial charge in [0.05, 0.1) is 0 Å². The van der Waals surface area contributed by atoms with Crippen LogP contribution in [0.25, 0.3) is 0 Å². The van der Waals surface area contributed by atoms with Crippen molar-refractivity contribution in [2.45, 2.75) is 20.3 Å². The second kappa shape index (κ2) is 10.5. The molecular weight excluding hydrogens is 449 g/mol. The van der Waals surface area contributed by atoms with Crippen molar-refractivity contribution in [2.75, 3.05) is 44.7 Å². The van der Waals surface area contributed by atoms with E-state index < -0.39 is 0 Å². The fraction of sp³-hybridized carbons (Fsp3) is 0.429. The lowest BCUT2D eigenvalue weighted by Gasteiger charge is -2.37. The van der Waals surface area contributed by atoms with Crippen LogP contribution in [0.3, 0.4) is 0 Å². The smallest absolute Gasteiger partial charge is 0.193 e. The molecule has 2 aromatic rings. The highest BCUT2D eigenvalue weighted by atomic mass is 127. The molecule has 1 fully saturated rings. The van der Waals surface area contributed by atoms with Crippen LogP contribution < -0.4 is 10.2 Å². The monoisotopic (exact) mass is 479 g/mol. The Morgan fingerprint density at radius 1 is 1.11 bits per heavy atom. The summed E-state index contributed by atoms with van der Waals surface area (Å²) in [5.74, 6) is 2.06. The lowest BCUT2D eigenvalue weighted by atomic mass is 10.0. The Hall–Kier alpha value is -1.83. The molecular formula is C21H30IN5. The molecule has 1 aromatic heterocycles. The molecule has 27 heavy (non-hydrogen) atoms. The summed E-state index contributed by atoms with van der Waals surface area (Å²) in [5.41, 5.74) is 4.09. The van der Waals surface area contributed by atoms with Gasteiger partial charge in [-0.1, -0.05) is 29.8 Å². The molecule has 1 aromatic carbocycles. The fourth-order valence-corrected chi connectivity index (χ4v) is 3.46. The van der Waals surface area contributed by atoms with Crippen molar-refractivity contribution in [2.24, 2.45) is 4.99 Å². The van der Waals surface area contributed by atoms with Gasteiger partial charge in [-0.05, 0) is 43.5 Å². The van der Waals surface area contributed by atoms with Gasteiger partial charge in [0.1, 0.15) is 5.82 Å². The van der Waals surface area contributed by atoms with Crippen LogP contribution >= 0.6 is 24.0 Å². The average Bonchev–Trinajstić information content (AvgIpc) is 2.68. The lowest BCUT2D eigenvalue weighted by Crippen LogP contribution is -2.53. The van der Waals surface area contributed by atoms with Gasteiger partial charge >= 0.3 is 0 Å². The Kier molecular flexibility index (Phi) is 8.34. The Morgan fingerprint density at radius 3 is 2.52 bits per heavy atom. The lowest BCUT2D eigenvalue weighted by molar-refractivity contribution is 0.372. The fourth-order valence-electron chi connectivity index (χ4n) is 3.46. The van der Waals surface area contributed by atoms with Crippen molar-refractivity contribution in [3.05, 3.63) is 59.3 Å². The number of guanidine groups is 1. The molecule has 1 aliphatic rings. The van der Waals surface area contributed by atoms with Crippen molar-refractivity contribution in [3.63, 3.8) is 0 Å². The van der Waals surface area contributed by atoms with Gasteiger partial charge in [-0.15, -0.1) is 24.0 Å². The molecule has 1 aliphatic heterocycles. The largest absolute Gasteiger partial charge is 0.356 e. The van der Waals surface area contributed by atoms with Crippen molar-refractivity contribution in [1.29, 1.82) is 0 Å². The third-order valence-electron chi connectivity index (χ3n) is 4.94. The van der Waals surface area contributed by atoms with Crippen LogP contribution in [-0.2, 0) is 6.42 Å². The molecule has 5 nitrogen and oxygen atoms in total. The van der Waals surface area contributed by atoms with Gasteiger partial charge in [0.2, 0.25) is 0 Å². The molecule has 0 saturated carbocycles. The zero-order chi connectivity index (χ0) is 18.4. The summed E-state index contributed by atoms with van der Waals surface area (Å²) in [5, 5.41) is 3.53. The maximum Gasteiger partial charge on any atom is 0.193 e. The van der Waals surface area contributed by atoms with Gasteiger partial charge in [0, 0.05) is 46.0 Å². The van der Waals surface area contributed by atoms with E-state index in [0.717, 1.165) is 50.9 Å². The second-order valence-corrected chi connectivity index (χ2v) is 6.82. The van der Waals surface area contributed by atoms with Crippen molar-refractivity contribution in [3.8, 4) is 0 Å². The predicted molar refractivity (Wildman–Crippen MR) is 124 cm³/mol. The van der Waals surface area contributed by atoms with E-state index in [2.05, 4.69) is 63.2 Å². The summed E-state index contributed by atoms with van der Waals surface area (Å²) in [4.78, 5) is 13.6. The third-order valence-corrected chi connectivity index (χ3v) is 4.94. The maximum absolute atomic E-state index is 4.47. The maximum atomic E-state index is 4.47. The van der Waals surface area contributed by atoms with E-state index in [4.69, 9.17) is 0 Å². The minimum absolute atomic E-state index is 0. The molecule has 2 heterocycles. The van der Waals surface area contributed by atoms with E-state index in [9.17, 15) is 0 Å². The number of nitrogens with zero attached hydrogens (tertiary/aromatic N) is 4. The molecule has 3 rings (SSSR count). The molecule has 0 bridgehead atoms. The SMILES string of the molecule is CN=C(NCCc1ccc(C)cc1C)N1CCN(c2ccccn2)CC1.I. The molecule has 6 heteroatoms. The van der Waals surface area contributed by atoms with E-state index in [0.29, 0.717) is 0 Å². The number of aryl methyl sites for hydroxylation is 2. The number of piperazine rings is 1. The first-order valence-corrected chi connectivity index (χ1v) is 9.35. The molecule has 0 amide bonds. The number of rotatable bonds is 4. The van der Waals surface area contributed by atoms with Crippen LogP contribution in [0.5, 0.6) is 0 Å². The molecule has 0 unspecified atom stereocenters. The van der Waals surface area contributed by atoms with Gasteiger partial charge in [0.15, 0.2) is 5.96 Å². The molecule has 146 valence electrons. The van der Waals surface area contributed by atoms with Crippen LogP contribution in [0, 0.1) is 13.8 Å². The van der Waals surface area contributed by atoms with Crippen LogP contribution in [0.1, 0.15) is 16.7 Å². The number of aliphatic imine (C=N–C) groups is 1. The molecule has 0 aliphatic carbocycles. The van der Waals surface area contributed by atoms with Crippen LogP contribution in [0.2, 0.25) is 0 Å². The molecule has 0 radical (unpaired) electrons. The Morgan fingerprint density at radius 2 is 1.89 bits per heavy atom. The number of hydrogen-bond donors (Lipinski definition) is 1. The topological polar surface area (TPSA) is 43.8 Å². The van der Waals surface area contributed by atoms with E-state index in [1.165, 1.54) is 16.7 Å². The molecule has 0 atom stereocenters. The number of hydrogen-bond acceptors (Lipinski definition) is 3. The van der Waals surface area contributed by atoms with E-state index in [1.54, 1.807) is 0 Å². The summed E-state index contributed by atoms with van der Waals surface area (Å²) < 4.78 is 0. The van der Waals surface area contributed by atoms with Crippen LogP contribution in [0.4, 0.5) is 5.82 Å². The predicted octanol–water partition coefficient (Wildman–Crippen LogP) is 3.26. The van der Waals surface area contributed by atoms with E-state index in [1.807, 2.05) is 25.4 Å². The molecule has 1 N–H and O–H groups in total. The van der Waals surface area contributed by atoms with Gasteiger partial charge in [-0.3, -0.25) is 4.99 Å². The standard InChI is InChI=1S/C21H29N5.HI/c1-17-7-8-19(18(2)16-17)9-11-24-21(22-3)26-14-12-25(13-15-26)20-6-4-5-10-23-20;/h4-8,10,16H,9,11-15H2,1-3H3,(H,22,24);1H. The number of halogens is 1. The Balaban J connectivity index is 0.00000261. The summed E-state index contributed by atoms with van der Waals surface area (Å²) in [6.45, 7) is 9.08. The third kappa shape index (κ3) is 5.82. The highest BCUT2D eigenvalue weighted by molar-refractivity contribution is 14.0. The minimum atomic E-state index is 0. The summed E-state index contributed by atoms with van der Waals surface area (Å²) in [7, 11) is 1.87. The van der Waals surface area contributed by atoms with Gasteiger partial charge in [-0.2, -0.15) is 0 Å². The van der Waals surface area contributed by atoms with E-state index in [-0.39, 0.29) is 24.0 Å². The van der Waals surface area contributed by atoms with Gasteiger partial charge in [-0.25, -0.2) is 4.98 Å². The summed E-state index contributed by atoms with van der Waals surface area (Å²) >= 11 is 0. The quantitative estimate of drug-likeness (QED) is 0.416. The number of pyridine rings is 1. The first-order valence-electron chi connectivity index (χ1n) is 9.35. The number of aromatic nitrogens is 1. The summed E-state index contributed by atoms with van der Waals surface area (Å²) in [6, 6.07) is 12.8. The highest BCUT2D eigenvalue weighted by Crippen LogP contribution is 2.13. The van der Waals surface area contributed by atoms with E-state index >= 15 is 0 Å². The number of nitrogens with one attached hydrogen (secondary N) is 1. The Labute approximate surface area is 179 Å². The first kappa shape index (κ1) is 21.5. The molecule has 1 saturated heterocycles. The number of benzene rings is 1. The first-order chi connectivity index (χ1) is 12.7. The minimum Gasteiger partial charge on any atom is -0.356 e. The van der Waals surface area contributed by atoms with Gasteiger partial charge in [0.25, 0.3) is 0 Å². The van der Waals surface area contributed by atoms with Crippen LogP contribution in [0.15, 0.2) is 47.6 Å². The van der Waals surface area contributed by atoms with Crippen molar-refractivity contribution < 1.29 is 0 Å². The number of anilines is 1. The second-order valence-electron chi connectivity index (χ2n) is 6.82. The molecule has 0 spiro atoms. The summed E-state index contributed by atoms with van der Waals surface area (Å²) in [6.07, 6.45) is 2.87. The normalized spacial score (nSPS) is 14.7. The Bertz CT molecular complexity index is 739. The zero-order valence-electron chi connectivity index (χ0n) is 16.5. The van der Waals surface area contributed by atoms with Crippen molar-refractivity contribution in [1.82, 2.24) is 15.2 Å². The van der Waals surface area contributed by atoms with Crippen LogP contribution in [-0.4, -0.2) is 55.6 Å². The average molecular weight is 479 g/mol. The zero-order valence-corrected chi connectivity index (χ0v) is 18.8.